The second-order valence-corrected chi connectivity index (χ2v) is 7.03. The monoisotopic (exact) mass is 332 g/mol. The Morgan fingerprint density at radius 3 is 2.91 bits per heavy atom. The maximum absolute atomic E-state index is 6.34. The number of rotatable bonds is 1. The largest absolute Gasteiger partial charge is 0.381 e. The summed E-state index contributed by atoms with van der Waals surface area (Å²) in [4.78, 5) is 6.90. The van der Waals surface area contributed by atoms with Gasteiger partial charge in [0.25, 0.3) is 0 Å². The van der Waals surface area contributed by atoms with Crippen LogP contribution in [0.25, 0.3) is 10.9 Å². The molecule has 0 N–H and O–H groups in total. The number of ether oxygens (including phenoxy) is 2. The van der Waals surface area contributed by atoms with Crippen molar-refractivity contribution in [3.8, 4) is 0 Å². The van der Waals surface area contributed by atoms with Gasteiger partial charge in [-0.1, -0.05) is 11.6 Å². The van der Waals surface area contributed by atoms with Crippen LogP contribution in [0.2, 0.25) is 5.02 Å². The van der Waals surface area contributed by atoms with Gasteiger partial charge in [0.05, 0.1) is 17.2 Å². The van der Waals surface area contributed by atoms with Crippen molar-refractivity contribution in [2.75, 3.05) is 31.2 Å². The average Bonchev–Trinajstić information content (AvgIpc) is 2.54. The number of nitrogens with zero attached hydrogens (tertiary/aromatic N) is 2. The molecular formula is C18H21ClN2O2. The Morgan fingerprint density at radius 2 is 2.09 bits per heavy atom. The minimum Gasteiger partial charge on any atom is -0.381 e. The predicted octanol–water partition coefficient (Wildman–Crippen LogP) is 3.66. The lowest BCUT2D eigenvalue weighted by atomic mass is 9.91. The molecule has 0 amide bonds. The van der Waals surface area contributed by atoms with Gasteiger partial charge < -0.3 is 14.4 Å². The topological polar surface area (TPSA) is 34.6 Å². The molecule has 0 bridgehead atoms. The molecule has 0 unspecified atom stereocenters. The van der Waals surface area contributed by atoms with Crippen molar-refractivity contribution in [3.63, 3.8) is 0 Å². The lowest BCUT2D eigenvalue weighted by molar-refractivity contribution is -0.145. The van der Waals surface area contributed by atoms with Gasteiger partial charge in [0.2, 0.25) is 0 Å². The van der Waals surface area contributed by atoms with Crippen molar-refractivity contribution in [3.05, 3.63) is 35.5 Å². The highest BCUT2D eigenvalue weighted by atomic mass is 35.5. The van der Waals surface area contributed by atoms with Crippen molar-refractivity contribution < 1.29 is 9.47 Å². The number of aromatic nitrogens is 1. The highest BCUT2D eigenvalue weighted by Gasteiger charge is 2.41. The first kappa shape index (κ1) is 15.2. The van der Waals surface area contributed by atoms with Crippen LogP contribution < -0.4 is 4.90 Å². The molecule has 0 radical (unpaired) electrons. The lowest BCUT2D eigenvalue weighted by Gasteiger charge is -2.48. The third kappa shape index (κ3) is 2.91. The zero-order chi connectivity index (χ0) is 15.9. The van der Waals surface area contributed by atoms with E-state index in [1.165, 1.54) is 5.69 Å². The van der Waals surface area contributed by atoms with E-state index in [2.05, 4.69) is 28.9 Å². The molecule has 5 heteroatoms. The first-order valence-electron chi connectivity index (χ1n) is 8.20. The Labute approximate surface area is 141 Å². The lowest BCUT2D eigenvalue weighted by Crippen LogP contribution is -2.57. The van der Waals surface area contributed by atoms with Crippen LogP contribution in [-0.2, 0) is 9.47 Å². The summed E-state index contributed by atoms with van der Waals surface area (Å²) in [5.41, 5.74) is 2.07. The van der Waals surface area contributed by atoms with Crippen LogP contribution in [0.4, 0.5) is 5.69 Å². The molecule has 1 spiro atoms. The SMILES string of the molecule is C[C@H]1CN(c2ccnc3cc(Cl)ccc23)CC2(CCOCC2)O1. The summed E-state index contributed by atoms with van der Waals surface area (Å²) in [7, 11) is 0. The fourth-order valence-electron chi connectivity index (χ4n) is 3.81. The summed E-state index contributed by atoms with van der Waals surface area (Å²) in [6, 6.07) is 8.02. The van der Waals surface area contributed by atoms with Crippen LogP contribution >= 0.6 is 11.6 Å². The molecule has 2 aliphatic rings. The second-order valence-electron chi connectivity index (χ2n) is 6.60. The fourth-order valence-corrected chi connectivity index (χ4v) is 3.98. The number of morpholine rings is 1. The molecule has 4 rings (SSSR count). The standard InChI is InChI=1S/C18H21ClN2O2/c1-13-11-21(12-18(23-13)5-8-22-9-6-18)17-4-7-20-16-10-14(19)2-3-15(16)17/h2-4,7,10,13H,5-6,8-9,11-12H2,1H3/t13-/m0/s1. The summed E-state index contributed by atoms with van der Waals surface area (Å²) in [5.74, 6) is 0. The van der Waals surface area contributed by atoms with Gasteiger partial charge in [-0.2, -0.15) is 0 Å². The van der Waals surface area contributed by atoms with Crippen LogP contribution in [0.3, 0.4) is 0 Å². The van der Waals surface area contributed by atoms with E-state index in [9.17, 15) is 0 Å². The molecule has 2 aliphatic heterocycles. The summed E-state index contributed by atoms with van der Waals surface area (Å²) >= 11 is 6.11. The molecule has 1 atom stereocenters. The van der Waals surface area contributed by atoms with E-state index in [0.717, 1.165) is 55.1 Å². The van der Waals surface area contributed by atoms with E-state index in [1.807, 2.05) is 18.3 Å². The minimum atomic E-state index is -0.0854. The average molecular weight is 333 g/mol. The van der Waals surface area contributed by atoms with Crippen LogP contribution in [0.15, 0.2) is 30.5 Å². The number of benzene rings is 1. The normalized spacial score (nSPS) is 24.3. The van der Waals surface area contributed by atoms with Gasteiger partial charge in [-0.05, 0) is 31.2 Å². The Hall–Kier alpha value is -1.36. The molecule has 2 saturated heterocycles. The zero-order valence-corrected chi connectivity index (χ0v) is 14.1. The van der Waals surface area contributed by atoms with E-state index < -0.39 is 0 Å². The summed E-state index contributed by atoms with van der Waals surface area (Å²) < 4.78 is 11.9. The van der Waals surface area contributed by atoms with E-state index in [-0.39, 0.29) is 11.7 Å². The first-order valence-corrected chi connectivity index (χ1v) is 8.58. The Balaban J connectivity index is 1.72. The van der Waals surface area contributed by atoms with E-state index in [4.69, 9.17) is 21.1 Å². The molecule has 0 saturated carbocycles. The van der Waals surface area contributed by atoms with Gasteiger partial charge >= 0.3 is 0 Å². The van der Waals surface area contributed by atoms with Crippen LogP contribution in [-0.4, -0.2) is 43.0 Å². The van der Waals surface area contributed by atoms with Crippen molar-refractivity contribution in [2.45, 2.75) is 31.5 Å². The summed E-state index contributed by atoms with van der Waals surface area (Å²) in [6.45, 7) is 5.52. The van der Waals surface area contributed by atoms with E-state index in [0.29, 0.717) is 0 Å². The van der Waals surface area contributed by atoms with Crippen molar-refractivity contribution >= 4 is 28.2 Å². The van der Waals surface area contributed by atoms with Gasteiger partial charge in [-0.15, -0.1) is 0 Å². The van der Waals surface area contributed by atoms with Gasteiger partial charge in [-0.3, -0.25) is 4.98 Å². The summed E-state index contributed by atoms with van der Waals surface area (Å²) in [6.07, 6.45) is 3.99. The van der Waals surface area contributed by atoms with Crippen molar-refractivity contribution in [1.29, 1.82) is 0 Å². The predicted molar refractivity (Wildman–Crippen MR) is 92.3 cm³/mol. The molecule has 3 heterocycles. The highest BCUT2D eigenvalue weighted by molar-refractivity contribution is 6.31. The molecule has 1 aromatic carbocycles. The molecule has 2 fully saturated rings. The first-order chi connectivity index (χ1) is 11.2. The number of hydrogen-bond acceptors (Lipinski definition) is 4. The van der Waals surface area contributed by atoms with Crippen molar-refractivity contribution in [2.24, 2.45) is 0 Å². The molecule has 122 valence electrons. The van der Waals surface area contributed by atoms with Gasteiger partial charge in [0.15, 0.2) is 0 Å². The molecule has 0 aliphatic carbocycles. The second kappa shape index (κ2) is 5.93. The minimum absolute atomic E-state index is 0.0854. The number of fused-ring (bicyclic) bond motifs is 1. The molecule has 23 heavy (non-hydrogen) atoms. The smallest absolute Gasteiger partial charge is 0.0904 e. The van der Waals surface area contributed by atoms with E-state index >= 15 is 0 Å². The fraction of sp³-hybridized carbons (Fsp3) is 0.500. The van der Waals surface area contributed by atoms with E-state index in [1.54, 1.807) is 0 Å². The van der Waals surface area contributed by atoms with Gasteiger partial charge in [-0.25, -0.2) is 0 Å². The van der Waals surface area contributed by atoms with Gasteiger partial charge in [0, 0.05) is 61.4 Å². The number of hydrogen-bond donors (Lipinski definition) is 0. The maximum atomic E-state index is 6.34. The van der Waals surface area contributed by atoms with Crippen LogP contribution in [0, 0.1) is 0 Å². The van der Waals surface area contributed by atoms with Crippen LogP contribution in [0.5, 0.6) is 0 Å². The number of pyridine rings is 1. The van der Waals surface area contributed by atoms with Gasteiger partial charge in [0.1, 0.15) is 0 Å². The number of anilines is 1. The number of halogens is 1. The molecule has 4 nitrogen and oxygen atoms in total. The zero-order valence-electron chi connectivity index (χ0n) is 13.3. The van der Waals surface area contributed by atoms with Crippen molar-refractivity contribution in [1.82, 2.24) is 4.98 Å². The molecule has 1 aromatic heterocycles. The Morgan fingerprint density at radius 1 is 1.26 bits per heavy atom. The quantitative estimate of drug-likeness (QED) is 0.798. The summed E-state index contributed by atoms with van der Waals surface area (Å²) in [5, 5.41) is 1.87. The third-order valence-corrected chi connectivity index (χ3v) is 5.07. The Kier molecular flexibility index (Phi) is 3.92. The Bertz CT molecular complexity index is 715. The van der Waals surface area contributed by atoms with Crippen LogP contribution in [0.1, 0.15) is 19.8 Å². The third-order valence-electron chi connectivity index (χ3n) is 4.83. The highest BCUT2D eigenvalue weighted by Crippen LogP contribution is 2.36. The maximum Gasteiger partial charge on any atom is 0.0904 e. The molecular weight excluding hydrogens is 312 g/mol. The molecule has 2 aromatic rings.